The summed E-state index contributed by atoms with van der Waals surface area (Å²) in [6.07, 6.45) is 1.70. The van der Waals surface area contributed by atoms with E-state index in [0.29, 0.717) is 6.54 Å². The van der Waals surface area contributed by atoms with E-state index >= 15 is 0 Å². The first-order valence-corrected chi connectivity index (χ1v) is 3.84. The number of hydrogen-bond acceptors (Lipinski definition) is 3. The molecule has 0 atom stereocenters. The number of hydrogen-bond donors (Lipinski definition) is 3. The monoisotopic (exact) mass is 179 g/mol. The van der Waals surface area contributed by atoms with Gasteiger partial charge in [-0.3, -0.25) is 0 Å². The zero-order valence-electron chi connectivity index (χ0n) is 6.55. The summed E-state index contributed by atoms with van der Waals surface area (Å²) in [7, 11) is 0. The first-order valence-electron chi connectivity index (χ1n) is 3.40. The lowest BCUT2D eigenvalue weighted by atomic mass is 10.1. The van der Waals surface area contributed by atoms with Gasteiger partial charge in [0.25, 0.3) is 0 Å². The van der Waals surface area contributed by atoms with Gasteiger partial charge in [-0.05, 0) is 6.92 Å². The quantitative estimate of drug-likeness (QED) is 0.560. The van der Waals surface area contributed by atoms with Crippen molar-refractivity contribution in [1.82, 2.24) is 5.32 Å². The highest BCUT2D eigenvalue weighted by Gasteiger charge is 2.19. The highest BCUT2D eigenvalue weighted by molar-refractivity contribution is 6.25. The molecule has 0 fully saturated rings. The second-order valence-corrected chi connectivity index (χ2v) is 2.87. The molecule has 0 amide bonds. The topological polar surface area (TPSA) is 52.5 Å². The van der Waals surface area contributed by atoms with Crippen molar-refractivity contribution in [3.8, 4) is 0 Å². The Morgan fingerprint density at radius 1 is 1.45 bits per heavy atom. The van der Waals surface area contributed by atoms with Crippen LogP contribution in [-0.2, 0) is 0 Å². The van der Waals surface area contributed by atoms with E-state index in [4.69, 9.17) is 21.8 Å². The lowest BCUT2D eigenvalue weighted by molar-refractivity contribution is 0.107. The first-order chi connectivity index (χ1) is 5.18. The van der Waals surface area contributed by atoms with Gasteiger partial charge in [-0.2, -0.15) is 0 Å². The van der Waals surface area contributed by atoms with Gasteiger partial charge in [0.1, 0.15) is 0 Å². The van der Waals surface area contributed by atoms with Gasteiger partial charge in [0.15, 0.2) is 0 Å². The predicted molar refractivity (Wildman–Crippen MR) is 45.6 cm³/mol. The molecule has 0 aliphatic carbocycles. The molecule has 0 bridgehead atoms. The van der Waals surface area contributed by atoms with Gasteiger partial charge in [0, 0.05) is 12.1 Å². The highest BCUT2D eigenvalue weighted by Crippen LogP contribution is 1.99. The Morgan fingerprint density at radius 2 is 2.00 bits per heavy atom. The van der Waals surface area contributed by atoms with Gasteiger partial charge in [0.05, 0.1) is 18.8 Å². The summed E-state index contributed by atoms with van der Waals surface area (Å²) in [6, 6.07) is 0. The minimum atomic E-state index is -0.615. The van der Waals surface area contributed by atoms with Crippen LogP contribution in [0.5, 0.6) is 0 Å². The average molecular weight is 180 g/mol. The number of aliphatic hydroxyl groups excluding tert-OH is 2. The molecule has 0 aliphatic heterocycles. The molecule has 0 heterocycles. The van der Waals surface area contributed by atoms with E-state index in [1.165, 1.54) is 5.54 Å². The van der Waals surface area contributed by atoms with Crippen LogP contribution in [0, 0.1) is 0 Å². The van der Waals surface area contributed by atoms with Crippen LogP contribution in [0.25, 0.3) is 0 Å². The Hall–Kier alpha value is -0.0900. The minimum Gasteiger partial charge on any atom is -0.394 e. The van der Waals surface area contributed by atoms with Crippen LogP contribution in [0.4, 0.5) is 0 Å². The molecule has 0 aliphatic rings. The molecule has 0 radical (unpaired) electrons. The van der Waals surface area contributed by atoms with Crippen molar-refractivity contribution in [2.45, 2.75) is 12.5 Å². The molecule has 11 heavy (non-hydrogen) atoms. The van der Waals surface area contributed by atoms with Crippen molar-refractivity contribution in [1.29, 1.82) is 0 Å². The van der Waals surface area contributed by atoms with Crippen LogP contribution in [0.15, 0.2) is 11.6 Å². The third-order valence-corrected chi connectivity index (χ3v) is 1.61. The molecule has 0 spiro atoms. The second-order valence-electron chi connectivity index (χ2n) is 2.62. The molecule has 0 saturated carbocycles. The van der Waals surface area contributed by atoms with Crippen LogP contribution in [0.2, 0.25) is 0 Å². The molecule has 0 aromatic carbocycles. The van der Waals surface area contributed by atoms with Gasteiger partial charge >= 0.3 is 0 Å². The van der Waals surface area contributed by atoms with E-state index in [1.807, 2.05) is 0 Å². The smallest absolute Gasteiger partial charge is 0.0633 e. The van der Waals surface area contributed by atoms with Crippen molar-refractivity contribution in [3.05, 3.63) is 11.6 Å². The van der Waals surface area contributed by atoms with E-state index in [1.54, 1.807) is 13.0 Å². The van der Waals surface area contributed by atoms with Gasteiger partial charge in [-0.25, -0.2) is 0 Å². The summed E-state index contributed by atoms with van der Waals surface area (Å²) in [5.74, 6) is 0. The summed E-state index contributed by atoms with van der Waals surface area (Å²) in [6.45, 7) is 2.08. The van der Waals surface area contributed by atoms with Crippen LogP contribution >= 0.6 is 11.6 Å². The first kappa shape index (κ1) is 10.9. The van der Waals surface area contributed by atoms with Crippen molar-refractivity contribution in [2.75, 3.05) is 19.8 Å². The number of rotatable bonds is 5. The lowest BCUT2D eigenvalue weighted by Gasteiger charge is -2.25. The Kier molecular flexibility index (Phi) is 5.50. The van der Waals surface area contributed by atoms with E-state index in [-0.39, 0.29) is 13.2 Å². The number of aliphatic hydroxyl groups is 2. The Balaban J connectivity index is 3.68. The van der Waals surface area contributed by atoms with Crippen molar-refractivity contribution in [3.63, 3.8) is 0 Å². The molecule has 0 rings (SSSR count). The van der Waals surface area contributed by atoms with Crippen molar-refractivity contribution < 1.29 is 10.2 Å². The third kappa shape index (κ3) is 4.37. The van der Waals surface area contributed by atoms with E-state index in [9.17, 15) is 0 Å². The van der Waals surface area contributed by atoms with Crippen LogP contribution in [0.1, 0.15) is 6.92 Å². The van der Waals surface area contributed by atoms with Crippen molar-refractivity contribution in [2.24, 2.45) is 0 Å². The van der Waals surface area contributed by atoms with Gasteiger partial charge in [-0.1, -0.05) is 17.7 Å². The summed E-state index contributed by atoms with van der Waals surface area (Å²) >= 11 is 5.27. The average Bonchev–Trinajstić information content (AvgIpc) is 2.05. The number of halogens is 1. The standard InChI is InChI=1S/C7H14ClNO2/c1-7(5-10,6-11)9-4-2-3-8/h2-3,9-11H,4-6H2,1H3/b3-2+. The molecule has 3 nitrogen and oxygen atoms in total. The summed E-state index contributed by atoms with van der Waals surface area (Å²) in [4.78, 5) is 0. The Labute approximate surface area is 71.7 Å². The number of nitrogens with one attached hydrogen (secondary N) is 1. The van der Waals surface area contributed by atoms with Gasteiger partial charge in [0.2, 0.25) is 0 Å². The van der Waals surface area contributed by atoms with E-state index in [2.05, 4.69) is 5.32 Å². The van der Waals surface area contributed by atoms with Gasteiger partial charge in [-0.15, -0.1) is 0 Å². The normalized spacial score (nSPS) is 12.7. The summed E-state index contributed by atoms with van der Waals surface area (Å²) in [5, 5.41) is 20.5. The zero-order chi connectivity index (χ0) is 8.74. The van der Waals surface area contributed by atoms with E-state index in [0.717, 1.165) is 0 Å². The molecular formula is C7H14ClNO2. The molecule has 3 N–H and O–H groups in total. The fraction of sp³-hybridized carbons (Fsp3) is 0.714. The maximum atomic E-state index is 8.81. The van der Waals surface area contributed by atoms with E-state index < -0.39 is 5.54 Å². The lowest BCUT2D eigenvalue weighted by Crippen LogP contribution is -2.48. The molecule has 4 heteroatoms. The van der Waals surface area contributed by atoms with Crippen LogP contribution in [-0.4, -0.2) is 35.5 Å². The molecule has 0 saturated heterocycles. The third-order valence-electron chi connectivity index (χ3n) is 1.43. The maximum absolute atomic E-state index is 8.81. The molecule has 0 aromatic heterocycles. The molecule has 0 unspecified atom stereocenters. The zero-order valence-corrected chi connectivity index (χ0v) is 7.30. The van der Waals surface area contributed by atoms with Crippen molar-refractivity contribution >= 4 is 11.6 Å². The summed E-state index contributed by atoms with van der Waals surface area (Å²) < 4.78 is 0. The highest BCUT2D eigenvalue weighted by atomic mass is 35.5. The maximum Gasteiger partial charge on any atom is 0.0633 e. The molecular weight excluding hydrogens is 166 g/mol. The SMILES string of the molecule is CC(CO)(CO)NC/C=C/Cl. The van der Waals surface area contributed by atoms with Gasteiger partial charge < -0.3 is 15.5 Å². The second kappa shape index (κ2) is 5.55. The predicted octanol–water partition coefficient (Wildman–Crippen LogP) is 0.0718. The Morgan fingerprint density at radius 3 is 2.36 bits per heavy atom. The van der Waals surface area contributed by atoms with Crippen LogP contribution < -0.4 is 5.32 Å². The van der Waals surface area contributed by atoms with Crippen LogP contribution in [0.3, 0.4) is 0 Å². The summed E-state index contributed by atoms with van der Waals surface area (Å²) in [5.41, 5.74) is 0.776. The Bertz CT molecular complexity index is 124. The molecule has 66 valence electrons. The molecule has 0 aromatic rings. The fourth-order valence-electron chi connectivity index (χ4n) is 0.512. The fourth-order valence-corrected chi connectivity index (χ4v) is 0.601. The largest absolute Gasteiger partial charge is 0.394 e. The minimum absolute atomic E-state index is 0.0976.